The van der Waals surface area contributed by atoms with E-state index in [1.165, 1.54) is 18.3 Å². The van der Waals surface area contributed by atoms with Crippen molar-refractivity contribution in [2.75, 3.05) is 19.8 Å². The van der Waals surface area contributed by atoms with E-state index >= 15 is 0 Å². The SMILES string of the molecule is CC(C)c1cccc2c1c(S(=O)(=O)NCC1CCOCC1)cn2S(=O)(=O)c1ccccc1. The van der Waals surface area contributed by atoms with E-state index in [4.69, 9.17) is 4.74 Å². The average Bonchev–Trinajstić information content (AvgIpc) is 3.20. The van der Waals surface area contributed by atoms with Crippen molar-refractivity contribution < 1.29 is 21.6 Å². The molecule has 0 saturated carbocycles. The lowest BCUT2D eigenvalue weighted by Crippen LogP contribution is -2.32. The Labute approximate surface area is 189 Å². The molecule has 1 aliphatic rings. The lowest BCUT2D eigenvalue weighted by Gasteiger charge is -2.22. The lowest BCUT2D eigenvalue weighted by atomic mass is 9.99. The number of hydrogen-bond acceptors (Lipinski definition) is 5. The molecule has 0 amide bonds. The zero-order valence-electron chi connectivity index (χ0n) is 18.2. The summed E-state index contributed by atoms with van der Waals surface area (Å²) in [6.45, 7) is 5.47. The van der Waals surface area contributed by atoms with E-state index in [-0.39, 0.29) is 21.6 Å². The summed E-state index contributed by atoms with van der Waals surface area (Å²) in [6, 6.07) is 13.3. The molecule has 172 valence electrons. The lowest BCUT2D eigenvalue weighted by molar-refractivity contribution is 0.0678. The van der Waals surface area contributed by atoms with E-state index in [1.54, 1.807) is 30.3 Å². The van der Waals surface area contributed by atoms with Crippen LogP contribution in [0.4, 0.5) is 0 Å². The molecule has 1 saturated heterocycles. The fourth-order valence-corrected chi connectivity index (χ4v) is 6.89. The summed E-state index contributed by atoms with van der Waals surface area (Å²) in [5.41, 5.74) is 1.14. The number of benzene rings is 2. The average molecular weight is 477 g/mol. The standard InChI is InChI=1S/C23H28N2O5S2/c1-17(2)20-9-6-10-21-23(20)22(31(26,27)24-15-18-11-13-30-14-12-18)16-25(21)32(28,29)19-7-4-3-5-8-19/h3-10,16-18,24H,11-15H2,1-2H3. The van der Waals surface area contributed by atoms with Gasteiger partial charge >= 0.3 is 0 Å². The van der Waals surface area contributed by atoms with Crippen LogP contribution < -0.4 is 4.72 Å². The largest absolute Gasteiger partial charge is 0.381 e. The molecule has 32 heavy (non-hydrogen) atoms. The number of fused-ring (bicyclic) bond motifs is 1. The minimum absolute atomic E-state index is 0.0108. The van der Waals surface area contributed by atoms with Gasteiger partial charge in [0.15, 0.2) is 0 Å². The number of sulfonamides is 1. The van der Waals surface area contributed by atoms with Gasteiger partial charge in [0.25, 0.3) is 10.0 Å². The van der Waals surface area contributed by atoms with Gasteiger partial charge < -0.3 is 4.74 Å². The van der Waals surface area contributed by atoms with Gasteiger partial charge in [0.1, 0.15) is 4.90 Å². The molecular formula is C23H28N2O5S2. The molecule has 1 fully saturated rings. The zero-order valence-corrected chi connectivity index (χ0v) is 19.8. The molecule has 0 aliphatic carbocycles. The van der Waals surface area contributed by atoms with Crippen LogP contribution in [0.25, 0.3) is 10.9 Å². The van der Waals surface area contributed by atoms with Crippen LogP contribution in [0, 0.1) is 5.92 Å². The Hall–Kier alpha value is -2.20. The first-order chi connectivity index (χ1) is 15.2. The van der Waals surface area contributed by atoms with Crippen molar-refractivity contribution in [2.24, 2.45) is 5.92 Å². The van der Waals surface area contributed by atoms with E-state index in [2.05, 4.69) is 4.72 Å². The van der Waals surface area contributed by atoms with Gasteiger partial charge in [-0.25, -0.2) is 25.5 Å². The highest BCUT2D eigenvalue weighted by Crippen LogP contribution is 2.34. The topological polar surface area (TPSA) is 94.5 Å². The Bertz CT molecular complexity index is 1310. The van der Waals surface area contributed by atoms with E-state index < -0.39 is 20.0 Å². The van der Waals surface area contributed by atoms with Crippen molar-refractivity contribution in [3.63, 3.8) is 0 Å². The second-order valence-corrected chi connectivity index (χ2v) is 12.0. The summed E-state index contributed by atoms with van der Waals surface area (Å²) in [6.07, 6.45) is 2.83. The van der Waals surface area contributed by atoms with Gasteiger partial charge in [-0.05, 0) is 48.4 Å². The summed E-state index contributed by atoms with van der Waals surface area (Å²) >= 11 is 0. The number of ether oxygens (including phenoxy) is 1. The second-order valence-electron chi connectivity index (χ2n) is 8.41. The maximum Gasteiger partial charge on any atom is 0.268 e. The Kier molecular flexibility index (Phi) is 6.44. The third kappa shape index (κ3) is 4.34. The van der Waals surface area contributed by atoms with Crippen molar-refractivity contribution in [1.82, 2.24) is 8.69 Å². The molecule has 2 heterocycles. The Morgan fingerprint density at radius 1 is 1.00 bits per heavy atom. The summed E-state index contributed by atoms with van der Waals surface area (Å²) in [5.74, 6) is 0.211. The first-order valence-electron chi connectivity index (χ1n) is 10.7. The Balaban J connectivity index is 1.85. The minimum Gasteiger partial charge on any atom is -0.381 e. The van der Waals surface area contributed by atoms with E-state index in [1.807, 2.05) is 19.9 Å². The molecule has 0 spiro atoms. The number of nitrogens with zero attached hydrogens (tertiary/aromatic N) is 1. The first kappa shape index (κ1) is 23.0. The molecule has 1 aliphatic heterocycles. The molecule has 1 aromatic heterocycles. The molecule has 0 unspecified atom stereocenters. The second kappa shape index (κ2) is 8.97. The molecule has 7 nitrogen and oxygen atoms in total. The number of rotatable bonds is 7. The zero-order chi connectivity index (χ0) is 22.9. The van der Waals surface area contributed by atoms with E-state index in [9.17, 15) is 16.8 Å². The molecule has 0 radical (unpaired) electrons. The van der Waals surface area contributed by atoms with Crippen LogP contribution in [0.3, 0.4) is 0 Å². The number of hydrogen-bond donors (Lipinski definition) is 1. The summed E-state index contributed by atoms with van der Waals surface area (Å²) < 4.78 is 62.8. The maximum absolute atomic E-state index is 13.4. The van der Waals surface area contributed by atoms with Gasteiger partial charge in [-0.3, -0.25) is 0 Å². The first-order valence-corrected chi connectivity index (χ1v) is 13.7. The van der Waals surface area contributed by atoms with Crippen molar-refractivity contribution in [3.05, 3.63) is 60.3 Å². The molecule has 0 atom stereocenters. The smallest absolute Gasteiger partial charge is 0.268 e. The fourth-order valence-electron chi connectivity index (χ4n) is 4.10. The molecule has 1 N–H and O–H groups in total. The van der Waals surface area contributed by atoms with Crippen LogP contribution >= 0.6 is 0 Å². The molecule has 0 bridgehead atoms. The predicted molar refractivity (Wildman–Crippen MR) is 124 cm³/mol. The normalized spacial score (nSPS) is 16.1. The molecule has 4 rings (SSSR count). The van der Waals surface area contributed by atoms with E-state index in [0.717, 1.165) is 22.4 Å². The fraction of sp³-hybridized carbons (Fsp3) is 0.391. The van der Waals surface area contributed by atoms with E-state index in [0.29, 0.717) is 30.7 Å². The van der Waals surface area contributed by atoms with Gasteiger partial charge in [0, 0.05) is 31.3 Å². The van der Waals surface area contributed by atoms with Gasteiger partial charge in [0.05, 0.1) is 10.4 Å². The van der Waals surface area contributed by atoms with Crippen molar-refractivity contribution in [2.45, 2.75) is 42.4 Å². The quantitative estimate of drug-likeness (QED) is 0.561. The van der Waals surface area contributed by atoms with Crippen LogP contribution in [-0.2, 0) is 24.8 Å². The summed E-state index contributed by atoms with van der Waals surface area (Å²) in [5, 5.41) is 0.446. The highest BCUT2D eigenvalue weighted by atomic mass is 32.2. The monoisotopic (exact) mass is 476 g/mol. The van der Waals surface area contributed by atoms with Gasteiger partial charge in [-0.15, -0.1) is 0 Å². The van der Waals surface area contributed by atoms with Gasteiger partial charge in [0.2, 0.25) is 10.0 Å². The van der Waals surface area contributed by atoms with Gasteiger partial charge in [-0.2, -0.15) is 0 Å². The van der Waals surface area contributed by atoms with Crippen LogP contribution in [0.2, 0.25) is 0 Å². The van der Waals surface area contributed by atoms with Crippen molar-refractivity contribution >= 4 is 30.9 Å². The third-order valence-electron chi connectivity index (χ3n) is 5.91. The summed E-state index contributed by atoms with van der Waals surface area (Å²) in [4.78, 5) is 0.0920. The van der Waals surface area contributed by atoms with Gasteiger partial charge in [-0.1, -0.05) is 44.2 Å². The number of aromatic nitrogens is 1. The molecule has 2 aromatic carbocycles. The van der Waals surface area contributed by atoms with Crippen LogP contribution in [0.15, 0.2) is 64.5 Å². The molecular weight excluding hydrogens is 448 g/mol. The van der Waals surface area contributed by atoms with Crippen molar-refractivity contribution in [3.8, 4) is 0 Å². The highest BCUT2D eigenvalue weighted by molar-refractivity contribution is 7.91. The third-order valence-corrected chi connectivity index (χ3v) is 9.03. The van der Waals surface area contributed by atoms with Crippen molar-refractivity contribution in [1.29, 1.82) is 0 Å². The highest BCUT2D eigenvalue weighted by Gasteiger charge is 2.29. The Morgan fingerprint density at radius 2 is 1.69 bits per heavy atom. The van der Waals surface area contributed by atoms with Crippen LogP contribution in [0.1, 0.15) is 38.2 Å². The summed E-state index contributed by atoms with van der Waals surface area (Å²) in [7, 11) is -7.91. The maximum atomic E-state index is 13.4. The van der Waals surface area contributed by atoms with Crippen LogP contribution in [0.5, 0.6) is 0 Å². The minimum atomic E-state index is -3.97. The molecule has 9 heteroatoms. The predicted octanol–water partition coefficient (Wildman–Crippen LogP) is 3.71. The number of nitrogens with one attached hydrogen (secondary N) is 1. The molecule has 3 aromatic rings. The Morgan fingerprint density at radius 3 is 2.34 bits per heavy atom. The van der Waals surface area contributed by atoms with Crippen LogP contribution in [-0.4, -0.2) is 40.6 Å².